The third-order valence-corrected chi connectivity index (χ3v) is 4.82. The van der Waals surface area contributed by atoms with Crippen molar-refractivity contribution in [2.45, 2.75) is 39.7 Å². The molecule has 0 saturated carbocycles. The lowest BCUT2D eigenvalue weighted by Crippen LogP contribution is -2.46. The molecule has 0 aromatic heterocycles. The molecule has 3 heteroatoms. The first kappa shape index (κ1) is 15.8. The zero-order valence-corrected chi connectivity index (χ0v) is 14.4. The summed E-state index contributed by atoms with van der Waals surface area (Å²) in [5, 5.41) is 0. The second kappa shape index (κ2) is 7.46. The molecule has 1 atom stereocenters. The van der Waals surface area contributed by atoms with E-state index in [4.69, 9.17) is 4.74 Å². The minimum Gasteiger partial charge on any atom is -0.492 e. The van der Waals surface area contributed by atoms with E-state index in [1.165, 1.54) is 25.9 Å². The first-order valence-corrected chi connectivity index (χ1v) is 8.48. The normalized spacial score (nSPS) is 19.2. The number of halogens is 1. The van der Waals surface area contributed by atoms with E-state index < -0.39 is 0 Å². The minimum atomic E-state index is 0.520. The van der Waals surface area contributed by atoms with Crippen LogP contribution in [0.5, 0.6) is 5.75 Å². The van der Waals surface area contributed by atoms with Gasteiger partial charge in [0.05, 0.1) is 0 Å². The monoisotopic (exact) mass is 339 g/mol. The van der Waals surface area contributed by atoms with Crippen molar-refractivity contribution in [3.05, 3.63) is 28.7 Å². The Morgan fingerprint density at radius 2 is 1.80 bits per heavy atom. The fourth-order valence-electron chi connectivity index (χ4n) is 2.79. The van der Waals surface area contributed by atoms with Gasteiger partial charge in [0.1, 0.15) is 12.4 Å². The van der Waals surface area contributed by atoms with Crippen molar-refractivity contribution in [1.29, 1.82) is 0 Å². The predicted molar refractivity (Wildman–Crippen MR) is 88.2 cm³/mol. The highest BCUT2D eigenvalue weighted by molar-refractivity contribution is 9.10. The second-order valence-corrected chi connectivity index (χ2v) is 7.21. The summed E-state index contributed by atoms with van der Waals surface area (Å²) in [6.07, 6.45) is 2.64. The summed E-state index contributed by atoms with van der Waals surface area (Å²) in [6.45, 7) is 10.2. The molecule has 1 aromatic rings. The molecule has 0 spiro atoms. The van der Waals surface area contributed by atoms with Gasteiger partial charge in [0.15, 0.2) is 0 Å². The summed E-state index contributed by atoms with van der Waals surface area (Å²) in [5.41, 5.74) is 0. The zero-order valence-electron chi connectivity index (χ0n) is 12.8. The van der Waals surface area contributed by atoms with Crippen molar-refractivity contribution in [3.8, 4) is 5.75 Å². The van der Waals surface area contributed by atoms with Gasteiger partial charge in [-0.15, -0.1) is 0 Å². The maximum atomic E-state index is 6.00. The van der Waals surface area contributed by atoms with Crippen LogP contribution in [-0.2, 0) is 0 Å². The quantitative estimate of drug-likeness (QED) is 0.778. The van der Waals surface area contributed by atoms with Gasteiger partial charge in [0.25, 0.3) is 0 Å². The van der Waals surface area contributed by atoms with Crippen molar-refractivity contribution >= 4 is 15.9 Å². The highest BCUT2D eigenvalue weighted by Gasteiger charge is 2.26. The van der Waals surface area contributed by atoms with Gasteiger partial charge in [0.2, 0.25) is 0 Å². The average molecular weight is 340 g/mol. The Labute approximate surface area is 131 Å². The summed E-state index contributed by atoms with van der Waals surface area (Å²) in [4.78, 5) is 2.61. The molecule has 0 N–H and O–H groups in total. The number of ether oxygens (including phenoxy) is 1. The van der Waals surface area contributed by atoms with Gasteiger partial charge < -0.3 is 4.74 Å². The lowest BCUT2D eigenvalue weighted by Gasteiger charge is -2.38. The molecule has 1 fully saturated rings. The van der Waals surface area contributed by atoms with Gasteiger partial charge in [0, 0.05) is 10.5 Å². The van der Waals surface area contributed by atoms with E-state index in [9.17, 15) is 0 Å². The molecule has 1 heterocycles. The van der Waals surface area contributed by atoms with Gasteiger partial charge in [-0.1, -0.05) is 36.7 Å². The number of hydrogen-bond acceptors (Lipinski definition) is 2. The zero-order chi connectivity index (χ0) is 14.5. The Morgan fingerprint density at radius 1 is 1.20 bits per heavy atom. The maximum absolute atomic E-state index is 6.00. The van der Waals surface area contributed by atoms with Gasteiger partial charge in [-0.2, -0.15) is 0 Å². The second-order valence-electron chi connectivity index (χ2n) is 6.29. The van der Waals surface area contributed by atoms with E-state index in [0.29, 0.717) is 12.0 Å². The van der Waals surface area contributed by atoms with Crippen molar-refractivity contribution in [2.24, 2.45) is 11.8 Å². The number of hydrogen-bond donors (Lipinski definition) is 0. The molecule has 20 heavy (non-hydrogen) atoms. The van der Waals surface area contributed by atoms with Crippen LogP contribution < -0.4 is 4.74 Å². The largest absolute Gasteiger partial charge is 0.492 e. The van der Waals surface area contributed by atoms with Crippen molar-refractivity contribution in [2.75, 3.05) is 19.7 Å². The van der Waals surface area contributed by atoms with E-state index in [1.54, 1.807) is 0 Å². The van der Waals surface area contributed by atoms with Crippen molar-refractivity contribution < 1.29 is 4.74 Å². The minimum absolute atomic E-state index is 0.520. The average Bonchev–Trinajstić information content (AvgIpc) is 2.43. The van der Waals surface area contributed by atoms with Gasteiger partial charge in [-0.25, -0.2) is 0 Å². The highest BCUT2D eigenvalue weighted by atomic mass is 79.9. The molecule has 1 aliphatic rings. The Kier molecular flexibility index (Phi) is 5.91. The Balaban J connectivity index is 1.90. The molecule has 0 amide bonds. The number of rotatable bonds is 5. The fourth-order valence-corrected chi connectivity index (χ4v) is 3.06. The van der Waals surface area contributed by atoms with Crippen molar-refractivity contribution in [1.82, 2.24) is 4.90 Å². The van der Waals surface area contributed by atoms with Crippen LogP contribution in [0.2, 0.25) is 0 Å². The molecule has 112 valence electrons. The highest BCUT2D eigenvalue weighted by Crippen LogP contribution is 2.23. The van der Waals surface area contributed by atoms with Crippen LogP contribution in [-0.4, -0.2) is 30.6 Å². The SMILES string of the molecule is CC1CCN([C@H](COc2ccc(Br)cc2)C(C)C)CC1. The van der Waals surface area contributed by atoms with Gasteiger partial charge in [-0.05, 0) is 62.0 Å². The molecule has 0 bridgehead atoms. The van der Waals surface area contributed by atoms with Crippen LogP contribution in [0.4, 0.5) is 0 Å². The van der Waals surface area contributed by atoms with E-state index in [0.717, 1.165) is 22.7 Å². The van der Waals surface area contributed by atoms with Crippen LogP contribution in [0.15, 0.2) is 28.7 Å². The third kappa shape index (κ3) is 4.49. The summed E-state index contributed by atoms with van der Waals surface area (Å²) in [7, 11) is 0. The van der Waals surface area contributed by atoms with Crippen LogP contribution in [0, 0.1) is 11.8 Å². The first-order valence-electron chi connectivity index (χ1n) is 7.68. The third-order valence-electron chi connectivity index (χ3n) is 4.29. The molecule has 1 aliphatic heterocycles. The van der Waals surface area contributed by atoms with E-state index in [2.05, 4.69) is 41.6 Å². The van der Waals surface area contributed by atoms with Crippen LogP contribution in [0.25, 0.3) is 0 Å². The first-order chi connectivity index (χ1) is 9.56. The predicted octanol–water partition coefficient (Wildman–Crippen LogP) is 4.58. The molecule has 0 aliphatic carbocycles. The lowest BCUT2D eigenvalue weighted by atomic mass is 9.95. The van der Waals surface area contributed by atoms with E-state index in [1.807, 2.05) is 24.3 Å². The van der Waals surface area contributed by atoms with Crippen molar-refractivity contribution in [3.63, 3.8) is 0 Å². The summed E-state index contributed by atoms with van der Waals surface area (Å²) >= 11 is 3.45. The molecule has 1 aromatic carbocycles. The number of benzene rings is 1. The maximum Gasteiger partial charge on any atom is 0.119 e. The lowest BCUT2D eigenvalue weighted by molar-refractivity contribution is 0.0712. The van der Waals surface area contributed by atoms with Crippen LogP contribution in [0.1, 0.15) is 33.6 Å². The molecule has 2 nitrogen and oxygen atoms in total. The van der Waals surface area contributed by atoms with E-state index >= 15 is 0 Å². The molecule has 1 saturated heterocycles. The smallest absolute Gasteiger partial charge is 0.119 e. The molecular formula is C17H26BrNO. The number of piperidine rings is 1. The molecule has 2 rings (SSSR count). The Bertz CT molecular complexity index is 396. The summed E-state index contributed by atoms with van der Waals surface area (Å²) < 4.78 is 7.09. The van der Waals surface area contributed by atoms with E-state index in [-0.39, 0.29) is 0 Å². The molecular weight excluding hydrogens is 314 g/mol. The summed E-state index contributed by atoms with van der Waals surface area (Å²) in [6, 6.07) is 8.63. The summed E-state index contributed by atoms with van der Waals surface area (Å²) in [5.74, 6) is 2.47. The Morgan fingerprint density at radius 3 is 2.35 bits per heavy atom. The van der Waals surface area contributed by atoms with Crippen LogP contribution in [0.3, 0.4) is 0 Å². The van der Waals surface area contributed by atoms with Gasteiger partial charge >= 0.3 is 0 Å². The molecule has 0 unspecified atom stereocenters. The fraction of sp³-hybridized carbons (Fsp3) is 0.647. The van der Waals surface area contributed by atoms with Gasteiger partial charge in [-0.3, -0.25) is 4.90 Å². The number of likely N-dealkylation sites (tertiary alicyclic amines) is 1. The topological polar surface area (TPSA) is 12.5 Å². The molecule has 0 radical (unpaired) electrons. The standard InChI is InChI=1S/C17H26BrNO/c1-13(2)17(19-10-8-14(3)9-11-19)12-20-16-6-4-15(18)5-7-16/h4-7,13-14,17H,8-12H2,1-3H3/t17-/m1/s1. The Hall–Kier alpha value is -0.540. The van der Waals surface area contributed by atoms with Crippen LogP contribution >= 0.6 is 15.9 Å². The number of nitrogens with zero attached hydrogens (tertiary/aromatic N) is 1.